The van der Waals surface area contributed by atoms with E-state index < -0.39 is 0 Å². The zero-order chi connectivity index (χ0) is 45.0. The van der Waals surface area contributed by atoms with Crippen molar-refractivity contribution >= 4 is 17.6 Å². The Labute approximate surface area is 379 Å². The van der Waals surface area contributed by atoms with Gasteiger partial charge in [0.15, 0.2) is 0 Å². The molecule has 2 aliphatic heterocycles. The van der Waals surface area contributed by atoms with Crippen LogP contribution in [0.4, 0.5) is 11.6 Å². The molecule has 4 aromatic rings. The number of anilines is 2. The van der Waals surface area contributed by atoms with Gasteiger partial charge in [0.05, 0.1) is 18.0 Å². The van der Waals surface area contributed by atoms with Gasteiger partial charge < -0.3 is 19.6 Å². The first-order valence-electron chi connectivity index (χ1n) is 23.9. The highest BCUT2D eigenvalue weighted by Gasteiger charge is 2.43. The van der Waals surface area contributed by atoms with Crippen molar-refractivity contribution in [3.63, 3.8) is 0 Å². The molecule has 63 heavy (non-hydrogen) atoms. The van der Waals surface area contributed by atoms with E-state index in [4.69, 9.17) is 19.8 Å². The molecule has 9 nitrogen and oxygen atoms in total. The molecule has 8 rings (SSSR count). The monoisotopic (exact) mass is 857 g/mol. The summed E-state index contributed by atoms with van der Waals surface area (Å²) in [5.74, 6) is 1.97. The maximum absolute atomic E-state index is 10.9. The van der Waals surface area contributed by atoms with E-state index in [1.165, 1.54) is 53.1 Å². The number of aliphatic hydroxyl groups is 1. The molecular formula is C54H76N6O3. The highest BCUT2D eigenvalue weighted by atomic mass is 16.5. The van der Waals surface area contributed by atoms with Gasteiger partial charge in [-0.3, -0.25) is 14.6 Å². The lowest BCUT2D eigenvalue weighted by Gasteiger charge is -2.35. The van der Waals surface area contributed by atoms with Gasteiger partial charge in [-0.2, -0.15) is 0 Å². The molecule has 0 unspecified atom stereocenters. The van der Waals surface area contributed by atoms with Crippen LogP contribution in [0.5, 0.6) is 0 Å². The van der Waals surface area contributed by atoms with Crippen LogP contribution in [0.2, 0.25) is 0 Å². The fourth-order valence-corrected chi connectivity index (χ4v) is 11.3. The SMILES string of the molecule is CC(=O)OCCCCN1CCN(c2cccc(-c3ccc4c(c3)C(C)(C)CC4(C)C)n2)CC1.CC1(C)CC(C)(C)c2cc(-c3cccc(N4CCN(CCCCO)CC4)n3)ccc21. The molecule has 0 radical (unpaired) electrons. The first-order chi connectivity index (χ1) is 30.0. The van der Waals surface area contributed by atoms with Crippen molar-refractivity contribution in [1.82, 2.24) is 19.8 Å². The molecule has 2 fully saturated rings. The Bertz CT molecular complexity index is 2180. The van der Waals surface area contributed by atoms with Gasteiger partial charge in [0.2, 0.25) is 0 Å². The molecule has 1 N–H and O–H groups in total. The van der Waals surface area contributed by atoms with Crippen LogP contribution >= 0.6 is 0 Å². The zero-order valence-electron chi connectivity index (χ0n) is 40.1. The van der Waals surface area contributed by atoms with Crippen LogP contribution in [0.15, 0.2) is 72.8 Å². The summed E-state index contributed by atoms with van der Waals surface area (Å²) in [6, 6.07) is 26.8. The van der Waals surface area contributed by atoms with Gasteiger partial charge in [-0.25, -0.2) is 9.97 Å². The van der Waals surface area contributed by atoms with E-state index in [0.29, 0.717) is 13.2 Å². The first-order valence-corrected chi connectivity index (χ1v) is 23.9. The summed E-state index contributed by atoms with van der Waals surface area (Å²) >= 11 is 0. The van der Waals surface area contributed by atoms with Crippen LogP contribution in [0, 0.1) is 0 Å². The van der Waals surface area contributed by atoms with Crippen LogP contribution in [-0.4, -0.2) is 110 Å². The lowest BCUT2D eigenvalue weighted by Crippen LogP contribution is -2.47. The molecule has 4 heterocycles. The van der Waals surface area contributed by atoms with E-state index in [0.717, 1.165) is 114 Å². The van der Waals surface area contributed by atoms with Crippen molar-refractivity contribution in [2.24, 2.45) is 0 Å². The van der Waals surface area contributed by atoms with Crippen LogP contribution in [0.1, 0.15) is 123 Å². The van der Waals surface area contributed by atoms with E-state index in [-0.39, 0.29) is 27.6 Å². The minimum Gasteiger partial charge on any atom is -0.466 e. The number of rotatable bonds is 13. The molecule has 2 saturated heterocycles. The number of fused-ring (bicyclic) bond motifs is 2. The Morgan fingerprint density at radius 1 is 0.556 bits per heavy atom. The summed E-state index contributed by atoms with van der Waals surface area (Å²) in [4.78, 5) is 30.8. The number of esters is 1. The van der Waals surface area contributed by atoms with Crippen LogP contribution in [0.3, 0.4) is 0 Å². The number of hydrogen-bond donors (Lipinski definition) is 1. The summed E-state index contributed by atoms with van der Waals surface area (Å²) in [5, 5.41) is 8.98. The molecule has 0 atom stereocenters. The second kappa shape index (κ2) is 19.4. The molecule has 4 aliphatic rings. The van der Waals surface area contributed by atoms with Crippen LogP contribution < -0.4 is 9.80 Å². The van der Waals surface area contributed by atoms with Crippen molar-refractivity contribution < 1.29 is 14.6 Å². The Kier molecular flexibility index (Phi) is 14.4. The summed E-state index contributed by atoms with van der Waals surface area (Å²) in [5.41, 5.74) is 11.4. The number of hydrogen-bond acceptors (Lipinski definition) is 9. The molecule has 2 aliphatic carbocycles. The van der Waals surface area contributed by atoms with Gasteiger partial charge in [0, 0.05) is 77.0 Å². The van der Waals surface area contributed by atoms with Crippen LogP contribution in [-0.2, 0) is 31.2 Å². The molecule has 2 aromatic carbocycles. The minimum absolute atomic E-state index is 0.189. The maximum atomic E-state index is 10.9. The Morgan fingerprint density at radius 3 is 1.38 bits per heavy atom. The van der Waals surface area contributed by atoms with E-state index in [9.17, 15) is 4.79 Å². The number of aromatic nitrogens is 2. The lowest BCUT2D eigenvalue weighted by atomic mass is 9.82. The molecule has 340 valence electrons. The van der Waals surface area contributed by atoms with Crippen molar-refractivity contribution in [3.05, 3.63) is 95.1 Å². The third-order valence-electron chi connectivity index (χ3n) is 14.2. The van der Waals surface area contributed by atoms with Crippen molar-refractivity contribution in [1.29, 1.82) is 0 Å². The zero-order valence-corrected chi connectivity index (χ0v) is 40.1. The molecule has 0 saturated carbocycles. The van der Waals surface area contributed by atoms with E-state index >= 15 is 0 Å². The fourth-order valence-electron chi connectivity index (χ4n) is 11.3. The predicted octanol–water partition coefficient (Wildman–Crippen LogP) is 9.77. The maximum Gasteiger partial charge on any atom is 0.302 e. The number of unbranched alkanes of at least 4 members (excludes halogenated alkanes) is 2. The number of ether oxygens (including phenoxy) is 1. The van der Waals surface area contributed by atoms with Gasteiger partial charge in [-0.1, -0.05) is 91.8 Å². The molecular weight excluding hydrogens is 781 g/mol. The van der Waals surface area contributed by atoms with E-state index in [2.05, 4.69) is 148 Å². The highest BCUT2D eigenvalue weighted by molar-refractivity contribution is 5.67. The van der Waals surface area contributed by atoms with Gasteiger partial charge in [-0.05, 0) is 132 Å². The van der Waals surface area contributed by atoms with Crippen LogP contribution in [0.25, 0.3) is 22.5 Å². The second-order valence-corrected chi connectivity index (χ2v) is 21.3. The largest absolute Gasteiger partial charge is 0.466 e. The van der Waals surface area contributed by atoms with Crippen molar-refractivity contribution in [3.8, 4) is 22.5 Å². The van der Waals surface area contributed by atoms with Crippen molar-refractivity contribution in [2.75, 3.05) is 88.5 Å². The average Bonchev–Trinajstić information content (AvgIpc) is 3.57. The number of benzene rings is 2. The first kappa shape index (κ1) is 46.7. The number of aliphatic hydroxyl groups excluding tert-OH is 1. The van der Waals surface area contributed by atoms with E-state index in [1.54, 1.807) is 0 Å². The summed E-state index contributed by atoms with van der Waals surface area (Å²) in [7, 11) is 0. The molecule has 0 spiro atoms. The third-order valence-corrected chi connectivity index (χ3v) is 14.2. The summed E-state index contributed by atoms with van der Waals surface area (Å²) < 4.78 is 5.03. The highest BCUT2D eigenvalue weighted by Crippen LogP contribution is 2.51. The van der Waals surface area contributed by atoms with Gasteiger partial charge in [0.1, 0.15) is 11.6 Å². The fraction of sp³-hybridized carbons (Fsp3) is 0.574. The van der Waals surface area contributed by atoms with Gasteiger partial charge in [0.25, 0.3) is 0 Å². The number of nitrogens with zero attached hydrogens (tertiary/aromatic N) is 6. The smallest absolute Gasteiger partial charge is 0.302 e. The number of piperazine rings is 2. The topological polar surface area (TPSA) is 85.3 Å². The minimum atomic E-state index is -0.189. The Balaban J connectivity index is 0.000000190. The Hall–Kier alpha value is -4.31. The standard InChI is InChI=1S/C28H39N3O2.C26H37N3O/c1-21(32)33-18-7-6-13-30-14-16-31(17-15-30)26-10-8-9-25(29-26)22-11-12-23-24(19-22)28(4,5)20-27(23,2)3;1-25(2)19-26(3,4)22-18-20(10-11-21(22)25)23-8-7-9-24(27-23)29-15-13-28(14-16-29)12-5-6-17-30/h8-12,19H,6-7,13-18,20H2,1-5H3;7-11,18,30H,5-6,12-17,19H2,1-4H3. The molecule has 9 heteroatoms. The number of carbonyl (C=O) groups excluding carboxylic acids is 1. The lowest BCUT2D eigenvalue weighted by molar-refractivity contribution is -0.141. The third kappa shape index (κ3) is 11.1. The Morgan fingerprint density at radius 2 is 0.968 bits per heavy atom. The number of carbonyl (C=O) groups is 1. The number of pyridine rings is 2. The normalized spacial score (nSPS) is 19.8. The van der Waals surface area contributed by atoms with Gasteiger partial charge >= 0.3 is 5.97 Å². The van der Waals surface area contributed by atoms with Crippen molar-refractivity contribution in [2.45, 2.75) is 122 Å². The average molecular weight is 857 g/mol. The van der Waals surface area contributed by atoms with Gasteiger partial charge in [-0.15, -0.1) is 0 Å². The summed E-state index contributed by atoms with van der Waals surface area (Å²) in [6.45, 7) is 31.6. The predicted molar refractivity (Wildman–Crippen MR) is 260 cm³/mol. The molecule has 0 amide bonds. The van der Waals surface area contributed by atoms with E-state index in [1.807, 2.05) is 0 Å². The quantitative estimate of drug-likeness (QED) is 0.104. The second-order valence-electron chi connectivity index (χ2n) is 21.3. The molecule has 2 aromatic heterocycles. The molecule has 0 bridgehead atoms. The summed E-state index contributed by atoms with van der Waals surface area (Å²) in [6.07, 6.45) is 6.34.